The lowest BCUT2D eigenvalue weighted by atomic mass is 10.1. The van der Waals surface area contributed by atoms with Crippen LogP contribution in [-0.4, -0.2) is 40.0 Å². The fourth-order valence-corrected chi connectivity index (χ4v) is 3.29. The lowest BCUT2D eigenvalue weighted by Gasteiger charge is -2.14. The van der Waals surface area contributed by atoms with Crippen LogP contribution in [0, 0.1) is 0 Å². The number of nitrogens with zero attached hydrogens (tertiary/aromatic N) is 1. The molecule has 0 radical (unpaired) electrons. The molecule has 4 nitrogen and oxygen atoms in total. The zero-order valence-electron chi connectivity index (χ0n) is 11.8. The van der Waals surface area contributed by atoms with Crippen molar-refractivity contribution in [3.63, 3.8) is 0 Å². The van der Waals surface area contributed by atoms with Crippen LogP contribution in [0.15, 0.2) is 47.4 Å². The molecule has 108 valence electrons. The van der Waals surface area contributed by atoms with Gasteiger partial charge in [-0.1, -0.05) is 43.3 Å². The van der Waals surface area contributed by atoms with Gasteiger partial charge in [0.2, 0.25) is 10.0 Å². The van der Waals surface area contributed by atoms with Gasteiger partial charge in [-0.2, -0.15) is 0 Å². The summed E-state index contributed by atoms with van der Waals surface area (Å²) in [4.78, 5) is 2.40. The quantitative estimate of drug-likeness (QED) is 0.886. The van der Waals surface area contributed by atoms with Gasteiger partial charge in [0.1, 0.15) is 0 Å². The van der Waals surface area contributed by atoms with E-state index in [-0.39, 0.29) is 0 Å². The summed E-state index contributed by atoms with van der Waals surface area (Å²) in [6.07, 6.45) is 0. The summed E-state index contributed by atoms with van der Waals surface area (Å²) in [7, 11) is -1.50. The minimum Gasteiger partial charge on any atom is -0.305 e. The van der Waals surface area contributed by atoms with Gasteiger partial charge in [0, 0.05) is 18.5 Å². The molecule has 5 heteroatoms. The molecule has 0 amide bonds. The van der Waals surface area contributed by atoms with Crippen LogP contribution < -0.4 is 4.72 Å². The topological polar surface area (TPSA) is 49.4 Å². The van der Waals surface area contributed by atoms with Crippen LogP contribution in [-0.2, 0) is 10.0 Å². The van der Waals surface area contributed by atoms with Crippen LogP contribution in [0.1, 0.15) is 6.92 Å². The molecule has 0 aliphatic heterocycles. The predicted molar refractivity (Wildman–Crippen MR) is 82.3 cm³/mol. The van der Waals surface area contributed by atoms with Crippen molar-refractivity contribution in [1.82, 2.24) is 9.62 Å². The largest absolute Gasteiger partial charge is 0.305 e. The standard InChI is InChI=1S/C15H20N2O2S/c1-3-17(2)12-11-16-20(18,19)15-10-6-8-13-7-4-5-9-14(13)15/h4-10,16H,3,11-12H2,1-2H3. The van der Waals surface area contributed by atoms with E-state index in [0.29, 0.717) is 18.0 Å². The molecule has 0 aliphatic carbocycles. The highest BCUT2D eigenvalue weighted by atomic mass is 32.2. The first-order valence-corrected chi connectivity index (χ1v) is 8.19. The molecule has 0 bridgehead atoms. The number of hydrogen-bond donors (Lipinski definition) is 1. The molecule has 2 aromatic rings. The summed E-state index contributed by atoms with van der Waals surface area (Å²) in [5, 5.41) is 1.69. The van der Waals surface area contributed by atoms with Crippen molar-refractivity contribution >= 4 is 20.8 Å². The minimum atomic E-state index is -3.47. The third-order valence-corrected chi connectivity index (χ3v) is 4.88. The van der Waals surface area contributed by atoms with Gasteiger partial charge in [0.05, 0.1) is 4.90 Å². The molecule has 0 unspecified atom stereocenters. The monoisotopic (exact) mass is 292 g/mol. The zero-order chi connectivity index (χ0) is 14.6. The fraction of sp³-hybridized carbons (Fsp3) is 0.333. The molecule has 1 N–H and O–H groups in total. The maximum Gasteiger partial charge on any atom is 0.241 e. The van der Waals surface area contributed by atoms with Gasteiger partial charge >= 0.3 is 0 Å². The number of sulfonamides is 1. The molecule has 0 fully saturated rings. The average molecular weight is 292 g/mol. The maximum atomic E-state index is 12.4. The maximum absolute atomic E-state index is 12.4. The summed E-state index contributed by atoms with van der Waals surface area (Å²) in [6.45, 7) is 4.05. The summed E-state index contributed by atoms with van der Waals surface area (Å²) < 4.78 is 27.4. The Bertz CT molecular complexity index is 678. The van der Waals surface area contributed by atoms with Crippen LogP contribution in [0.25, 0.3) is 10.8 Å². The molecule has 2 rings (SSSR count). The van der Waals surface area contributed by atoms with Crippen LogP contribution in [0.3, 0.4) is 0 Å². The van der Waals surface area contributed by atoms with Gasteiger partial charge in [-0.05, 0) is 25.0 Å². The van der Waals surface area contributed by atoms with Gasteiger partial charge < -0.3 is 4.90 Å². The number of fused-ring (bicyclic) bond motifs is 1. The first-order valence-electron chi connectivity index (χ1n) is 6.70. The third kappa shape index (κ3) is 3.36. The summed E-state index contributed by atoms with van der Waals surface area (Å²) >= 11 is 0. The summed E-state index contributed by atoms with van der Waals surface area (Å²) in [5.41, 5.74) is 0. The van der Waals surface area contributed by atoms with E-state index in [4.69, 9.17) is 0 Å². The van der Waals surface area contributed by atoms with E-state index in [1.807, 2.05) is 44.3 Å². The molecule has 20 heavy (non-hydrogen) atoms. The highest BCUT2D eigenvalue weighted by molar-refractivity contribution is 7.89. The van der Waals surface area contributed by atoms with E-state index in [1.165, 1.54) is 0 Å². The number of rotatable bonds is 6. The molecular weight excluding hydrogens is 272 g/mol. The average Bonchev–Trinajstić information content (AvgIpc) is 2.46. The van der Waals surface area contributed by atoms with E-state index < -0.39 is 10.0 Å². The SMILES string of the molecule is CCN(C)CCNS(=O)(=O)c1cccc2ccccc12. The van der Waals surface area contributed by atoms with Crippen LogP contribution >= 0.6 is 0 Å². The lowest BCUT2D eigenvalue weighted by Crippen LogP contribution is -2.33. The van der Waals surface area contributed by atoms with Crippen molar-refractivity contribution in [3.05, 3.63) is 42.5 Å². The third-order valence-electron chi connectivity index (χ3n) is 3.36. The van der Waals surface area contributed by atoms with Gasteiger partial charge in [0.25, 0.3) is 0 Å². The molecule has 0 saturated carbocycles. The second-order valence-corrected chi connectivity index (χ2v) is 6.51. The zero-order valence-corrected chi connectivity index (χ0v) is 12.7. The molecule has 0 aliphatic rings. The molecule has 0 saturated heterocycles. The Morgan fingerprint density at radius 1 is 1.10 bits per heavy atom. The lowest BCUT2D eigenvalue weighted by molar-refractivity contribution is 0.358. The number of likely N-dealkylation sites (N-methyl/N-ethyl adjacent to an activating group) is 1. The highest BCUT2D eigenvalue weighted by Gasteiger charge is 2.16. The second kappa shape index (κ2) is 6.35. The van der Waals surface area contributed by atoms with E-state index in [1.54, 1.807) is 12.1 Å². The minimum absolute atomic E-state index is 0.342. The molecule has 0 atom stereocenters. The Hall–Kier alpha value is -1.43. The van der Waals surface area contributed by atoms with Gasteiger partial charge in [-0.3, -0.25) is 0 Å². The van der Waals surface area contributed by atoms with Gasteiger partial charge in [0.15, 0.2) is 0 Å². The number of hydrogen-bond acceptors (Lipinski definition) is 3. The van der Waals surface area contributed by atoms with Crippen LogP contribution in [0.5, 0.6) is 0 Å². The van der Waals surface area contributed by atoms with Gasteiger partial charge in [-0.15, -0.1) is 0 Å². The first-order chi connectivity index (χ1) is 9.54. The summed E-state index contributed by atoms with van der Waals surface area (Å²) in [5.74, 6) is 0. The Morgan fingerprint density at radius 3 is 2.55 bits per heavy atom. The molecule has 2 aromatic carbocycles. The van der Waals surface area contributed by atoms with E-state index in [9.17, 15) is 8.42 Å². The Morgan fingerprint density at radius 2 is 1.80 bits per heavy atom. The van der Waals surface area contributed by atoms with E-state index in [0.717, 1.165) is 17.3 Å². The van der Waals surface area contributed by atoms with Crippen molar-refractivity contribution in [2.24, 2.45) is 0 Å². The Balaban J connectivity index is 2.24. The fourth-order valence-electron chi connectivity index (χ4n) is 2.04. The van der Waals surface area contributed by atoms with Crippen molar-refractivity contribution < 1.29 is 8.42 Å². The first kappa shape index (κ1) is 15.0. The van der Waals surface area contributed by atoms with Crippen molar-refractivity contribution in [1.29, 1.82) is 0 Å². The Labute approximate surface area is 120 Å². The molecule has 0 spiro atoms. The highest BCUT2D eigenvalue weighted by Crippen LogP contribution is 2.22. The van der Waals surface area contributed by atoms with Crippen LogP contribution in [0.2, 0.25) is 0 Å². The normalized spacial score (nSPS) is 12.2. The van der Waals surface area contributed by atoms with Crippen molar-refractivity contribution in [2.45, 2.75) is 11.8 Å². The van der Waals surface area contributed by atoms with Crippen molar-refractivity contribution in [3.8, 4) is 0 Å². The molecule has 0 aromatic heterocycles. The van der Waals surface area contributed by atoms with Crippen LogP contribution in [0.4, 0.5) is 0 Å². The Kier molecular flexibility index (Phi) is 4.75. The van der Waals surface area contributed by atoms with E-state index >= 15 is 0 Å². The smallest absolute Gasteiger partial charge is 0.241 e. The summed E-state index contributed by atoms with van der Waals surface area (Å²) in [6, 6.07) is 12.8. The molecule has 0 heterocycles. The number of benzene rings is 2. The van der Waals surface area contributed by atoms with Gasteiger partial charge in [-0.25, -0.2) is 13.1 Å². The number of nitrogens with one attached hydrogen (secondary N) is 1. The van der Waals surface area contributed by atoms with Crippen molar-refractivity contribution in [2.75, 3.05) is 26.7 Å². The van der Waals surface area contributed by atoms with E-state index in [2.05, 4.69) is 9.62 Å². The second-order valence-electron chi connectivity index (χ2n) is 4.77. The predicted octanol–water partition coefficient (Wildman–Crippen LogP) is 2.07. The molecular formula is C15H20N2O2S.